The first-order valence-corrected chi connectivity index (χ1v) is 4.78. The van der Waals surface area contributed by atoms with E-state index in [0.29, 0.717) is 12.2 Å². The van der Waals surface area contributed by atoms with Gasteiger partial charge in [0.15, 0.2) is 6.17 Å². The van der Waals surface area contributed by atoms with Crippen LogP contribution in [0.3, 0.4) is 0 Å². The van der Waals surface area contributed by atoms with E-state index in [4.69, 9.17) is 5.11 Å². The van der Waals surface area contributed by atoms with E-state index in [-0.39, 0.29) is 0 Å². The number of benzene rings is 1. The van der Waals surface area contributed by atoms with Crippen LogP contribution >= 0.6 is 0 Å². The van der Waals surface area contributed by atoms with Gasteiger partial charge in [-0.05, 0) is 11.6 Å². The molecule has 0 aliphatic carbocycles. The summed E-state index contributed by atoms with van der Waals surface area (Å²) in [6.45, 7) is 0.430. The lowest BCUT2D eigenvalue weighted by Crippen LogP contribution is -2.51. The predicted molar refractivity (Wildman–Crippen MR) is 56.9 cm³/mol. The van der Waals surface area contributed by atoms with E-state index < -0.39 is 18.2 Å². The average Bonchev–Trinajstić information content (AvgIpc) is 2.39. The largest absolute Gasteiger partial charge is 0.465 e. The third-order valence-electron chi connectivity index (χ3n) is 2.30. The molecule has 0 aromatic heterocycles. The molecule has 2 amide bonds. The van der Waals surface area contributed by atoms with Crippen molar-refractivity contribution in [1.82, 2.24) is 10.6 Å². The van der Waals surface area contributed by atoms with Crippen molar-refractivity contribution in [2.75, 3.05) is 5.32 Å². The monoisotopic (exact) mass is 221 g/mol. The number of fused-ring (bicyclic) bond motifs is 1. The molecule has 1 aliphatic rings. The van der Waals surface area contributed by atoms with Crippen molar-refractivity contribution in [3.63, 3.8) is 0 Å². The van der Waals surface area contributed by atoms with Gasteiger partial charge in [-0.25, -0.2) is 4.79 Å². The standard InChI is InChI=1S/C10H11N3O3/c14-9-8(13-10(15)16)11-5-6-3-1-2-4-7(6)12-9/h1-4,8,11,13H,5H2,(H,12,14)(H,15,16). The fraction of sp³-hybridized carbons (Fsp3) is 0.200. The Morgan fingerprint density at radius 3 is 2.94 bits per heavy atom. The van der Waals surface area contributed by atoms with E-state index in [0.717, 1.165) is 5.56 Å². The first kappa shape index (κ1) is 10.4. The zero-order valence-corrected chi connectivity index (χ0v) is 8.36. The van der Waals surface area contributed by atoms with Gasteiger partial charge in [-0.2, -0.15) is 0 Å². The van der Waals surface area contributed by atoms with Gasteiger partial charge in [-0.3, -0.25) is 15.4 Å². The smallest absolute Gasteiger partial charge is 0.406 e. The van der Waals surface area contributed by atoms with Crippen LogP contribution in [0.5, 0.6) is 0 Å². The van der Waals surface area contributed by atoms with Crippen LogP contribution in [-0.2, 0) is 11.3 Å². The highest BCUT2D eigenvalue weighted by atomic mass is 16.4. The Labute approximate surface area is 91.7 Å². The molecule has 1 unspecified atom stereocenters. The van der Waals surface area contributed by atoms with Crippen LogP contribution in [0.4, 0.5) is 10.5 Å². The molecule has 0 fully saturated rings. The topological polar surface area (TPSA) is 90.5 Å². The zero-order chi connectivity index (χ0) is 11.5. The summed E-state index contributed by atoms with van der Waals surface area (Å²) in [5, 5.41) is 16.1. The number of anilines is 1. The third-order valence-corrected chi connectivity index (χ3v) is 2.30. The quantitative estimate of drug-likeness (QED) is 0.549. The highest BCUT2D eigenvalue weighted by molar-refractivity contribution is 5.97. The van der Waals surface area contributed by atoms with E-state index in [1.54, 1.807) is 6.07 Å². The minimum Gasteiger partial charge on any atom is -0.465 e. The number of carbonyl (C=O) groups excluding carboxylic acids is 1. The van der Waals surface area contributed by atoms with Gasteiger partial charge in [-0.1, -0.05) is 18.2 Å². The minimum atomic E-state index is -1.24. The fourth-order valence-electron chi connectivity index (χ4n) is 1.55. The van der Waals surface area contributed by atoms with Crippen LogP contribution in [0.15, 0.2) is 24.3 Å². The van der Waals surface area contributed by atoms with Crippen LogP contribution in [0.2, 0.25) is 0 Å². The molecule has 0 saturated heterocycles. The summed E-state index contributed by atoms with van der Waals surface area (Å²) >= 11 is 0. The highest BCUT2D eigenvalue weighted by Crippen LogP contribution is 2.17. The van der Waals surface area contributed by atoms with Crippen LogP contribution in [0, 0.1) is 0 Å². The van der Waals surface area contributed by atoms with Crippen LogP contribution in [0.1, 0.15) is 5.56 Å². The maximum absolute atomic E-state index is 11.6. The van der Waals surface area contributed by atoms with Crippen molar-refractivity contribution in [2.24, 2.45) is 0 Å². The predicted octanol–water partition coefficient (Wildman–Crippen LogP) is 0.322. The number of rotatable bonds is 1. The van der Waals surface area contributed by atoms with Gasteiger partial charge in [0.1, 0.15) is 0 Å². The van der Waals surface area contributed by atoms with Gasteiger partial charge in [0.25, 0.3) is 5.91 Å². The summed E-state index contributed by atoms with van der Waals surface area (Å²) in [4.78, 5) is 22.1. The third kappa shape index (κ3) is 2.12. The molecular formula is C10H11N3O3. The SMILES string of the molecule is O=C(O)NC1NCc2ccccc2NC1=O. The van der Waals surface area contributed by atoms with Gasteiger partial charge in [-0.15, -0.1) is 0 Å². The molecule has 6 nitrogen and oxygen atoms in total. The molecule has 1 heterocycles. The average molecular weight is 221 g/mol. The van der Waals surface area contributed by atoms with Crippen molar-refractivity contribution in [2.45, 2.75) is 12.7 Å². The number of carboxylic acid groups (broad SMARTS) is 1. The molecule has 2 rings (SSSR count). The molecule has 84 valence electrons. The molecule has 0 spiro atoms. The van der Waals surface area contributed by atoms with Crippen LogP contribution in [0.25, 0.3) is 0 Å². The van der Waals surface area contributed by atoms with Crippen LogP contribution in [-0.4, -0.2) is 23.3 Å². The molecule has 1 aromatic rings. The highest BCUT2D eigenvalue weighted by Gasteiger charge is 2.23. The van der Waals surface area contributed by atoms with E-state index in [9.17, 15) is 9.59 Å². The summed E-state index contributed by atoms with van der Waals surface area (Å²) in [5.74, 6) is -0.410. The Balaban J connectivity index is 2.18. The maximum atomic E-state index is 11.6. The summed E-state index contributed by atoms with van der Waals surface area (Å²) in [6, 6.07) is 7.31. The number of carbonyl (C=O) groups is 2. The van der Waals surface area contributed by atoms with Crippen molar-refractivity contribution in [3.8, 4) is 0 Å². The Bertz CT molecular complexity index is 433. The van der Waals surface area contributed by atoms with Gasteiger partial charge < -0.3 is 10.4 Å². The summed E-state index contributed by atoms with van der Waals surface area (Å²) in [6.07, 6.45) is -2.16. The number of hydrogen-bond donors (Lipinski definition) is 4. The maximum Gasteiger partial charge on any atom is 0.406 e. The van der Waals surface area contributed by atoms with Crippen molar-refractivity contribution in [1.29, 1.82) is 0 Å². The lowest BCUT2D eigenvalue weighted by atomic mass is 10.2. The van der Waals surface area contributed by atoms with E-state index in [1.165, 1.54) is 0 Å². The summed E-state index contributed by atoms with van der Waals surface area (Å²) < 4.78 is 0. The van der Waals surface area contributed by atoms with E-state index in [1.807, 2.05) is 18.2 Å². The second-order valence-corrected chi connectivity index (χ2v) is 3.41. The molecule has 1 aliphatic heterocycles. The molecule has 16 heavy (non-hydrogen) atoms. The Morgan fingerprint density at radius 1 is 1.44 bits per heavy atom. The Hall–Kier alpha value is -2.08. The Morgan fingerprint density at radius 2 is 2.19 bits per heavy atom. The Kier molecular flexibility index (Phi) is 2.74. The van der Waals surface area contributed by atoms with E-state index in [2.05, 4.69) is 16.0 Å². The second-order valence-electron chi connectivity index (χ2n) is 3.41. The molecule has 6 heteroatoms. The fourth-order valence-corrected chi connectivity index (χ4v) is 1.55. The molecule has 0 radical (unpaired) electrons. The molecule has 4 N–H and O–H groups in total. The minimum absolute atomic E-state index is 0.410. The summed E-state index contributed by atoms with van der Waals surface area (Å²) in [5.41, 5.74) is 1.63. The molecule has 1 aromatic carbocycles. The number of hydrogen-bond acceptors (Lipinski definition) is 3. The number of amides is 2. The van der Waals surface area contributed by atoms with Gasteiger partial charge >= 0.3 is 6.09 Å². The molecular weight excluding hydrogens is 210 g/mol. The van der Waals surface area contributed by atoms with Gasteiger partial charge in [0.05, 0.1) is 0 Å². The van der Waals surface area contributed by atoms with Crippen molar-refractivity contribution < 1.29 is 14.7 Å². The van der Waals surface area contributed by atoms with Crippen molar-refractivity contribution in [3.05, 3.63) is 29.8 Å². The lowest BCUT2D eigenvalue weighted by molar-refractivity contribution is -0.118. The zero-order valence-electron chi connectivity index (χ0n) is 8.36. The number of para-hydroxylation sites is 1. The normalized spacial score (nSPS) is 19.2. The second kappa shape index (κ2) is 4.19. The molecule has 1 atom stereocenters. The van der Waals surface area contributed by atoms with Crippen molar-refractivity contribution >= 4 is 17.7 Å². The molecule has 0 saturated carbocycles. The van der Waals surface area contributed by atoms with Gasteiger partial charge in [0, 0.05) is 12.2 Å². The molecule has 0 bridgehead atoms. The van der Waals surface area contributed by atoms with Crippen LogP contribution < -0.4 is 16.0 Å². The first-order valence-electron chi connectivity index (χ1n) is 4.78. The first-order chi connectivity index (χ1) is 7.66. The number of nitrogens with one attached hydrogen (secondary N) is 3. The van der Waals surface area contributed by atoms with Gasteiger partial charge in [0.2, 0.25) is 0 Å². The summed E-state index contributed by atoms with van der Waals surface area (Å²) in [7, 11) is 0. The lowest BCUT2D eigenvalue weighted by Gasteiger charge is -2.13. The van der Waals surface area contributed by atoms with E-state index >= 15 is 0 Å².